The molecule has 0 amide bonds. The molecular formula is C12H16FNO2. The van der Waals surface area contributed by atoms with Gasteiger partial charge in [0.2, 0.25) is 0 Å². The van der Waals surface area contributed by atoms with E-state index in [0.29, 0.717) is 18.8 Å². The molecule has 1 aromatic rings. The third kappa shape index (κ3) is 3.88. The Kier molecular flexibility index (Phi) is 4.76. The van der Waals surface area contributed by atoms with Crippen molar-refractivity contribution < 1.29 is 13.9 Å². The monoisotopic (exact) mass is 225 g/mol. The minimum atomic E-state index is -0.311. The van der Waals surface area contributed by atoms with Crippen molar-refractivity contribution in [3.63, 3.8) is 0 Å². The summed E-state index contributed by atoms with van der Waals surface area (Å²) < 4.78 is 18.0. The standard InChI is InChI=1S/C12H16FNO2/c1-3-16-12(15)6-7-14-11-8-9(2)4-5-10(11)13/h4-5,8,14H,3,6-7H2,1-2H3. The minimum absolute atomic E-state index is 0.237. The second kappa shape index (κ2) is 6.10. The van der Waals surface area contributed by atoms with Gasteiger partial charge >= 0.3 is 5.97 Å². The maximum Gasteiger partial charge on any atom is 0.307 e. The van der Waals surface area contributed by atoms with E-state index in [4.69, 9.17) is 4.74 Å². The van der Waals surface area contributed by atoms with Crippen LogP contribution in [-0.4, -0.2) is 19.1 Å². The summed E-state index contributed by atoms with van der Waals surface area (Å²) in [5.74, 6) is -0.586. The zero-order valence-electron chi connectivity index (χ0n) is 9.55. The van der Waals surface area contributed by atoms with Crippen LogP contribution in [0.25, 0.3) is 0 Å². The number of carbonyl (C=O) groups is 1. The Labute approximate surface area is 94.6 Å². The molecule has 0 bridgehead atoms. The molecule has 0 aliphatic carbocycles. The molecule has 0 heterocycles. The van der Waals surface area contributed by atoms with Gasteiger partial charge in [-0.3, -0.25) is 4.79 Å². The molecule has 0 spiro atoms. The Morgan fingerprint density at radius 1 is 1.50 bits per heavy atom. The van der Waals surface area contributed by atoms with Gasteiger partial charge in [-0.15, -0.1) is 0 Å². The summed E-state index contributed by atoms with van der Waals surface area (Å²) in [6.07, 6.45) is 0.237. The molecule has 4 heteroatoms. The molecule has 1 N–H and O–H groups in total. The fourth-order valence-electron chi connectivity index (χ4n) is 1.31. The SMILES string of the molecule is CCOC(=O)CCNc1cc(C)ccc1F. The number of benzene rings is 1. The highest BCUT2D eigenvalue weighted by atomic mass is 19.1. The molecule has 0 unspecified atom stereocenters. The zero-order valence-corrected chi connectivity index (χ0v) is 9.55. The molecule has 0 saturated heterocycles. The average Bonchev–Trinajstić information content (AvgIpc) is 2.23. The van der Waals surface area contributed by atoms with Crippen molar-refractivity contribution in [2.75, 3.05) is 18.5 Å². The molecule has 16 heavy (non-hydrogen) atoms. The third-order valence-electron chi connectivity index (χ3n) is 2.07. The lowest BCUT2D eigenvalue weighted by molar-refractivity contribution is -0.142. The number of halogens is 1. The molecule has 0 saturated carbocycles. The van der Waals surface area contributed by atoms with Crippen LogP contribution < -0.4 is 5.32 Å². The van der Waals surface area contributed by atoms with E-state index in [0.717, 1.165) is 5.56 Å². The summed E-state index contributed by atoms with van der Waals surface area (Å²) >= 11 is 0. The number of hydrogen-bond acceptors (Lipinski definition) is 3. The molecule has 0 aliphatic heterocycles. The molecule has 0 fully saturated rings. The van der Waals surface area contributed by atoms with E-state index in [1.165, 1.54) is 6.07 Å². The van der Waals surface area contributed by atoms with Crippen molar-refractivity contribution in [2.24, 2.45) is 0 Å². The largest absolute Gasteiger partial charge is 0.466 e. The van der Waals surface area contributed by atoms with Crippen LogP contribution >= 0.6 is 0 Å². The van der Waals surface area contributed by atoms with Gasteiger partial charge < -0.3 is 10.1 Å². The van der Waals surface area contributed by atoms with Gasteiger partial charge in [-0.05, 0) is 31.5 Å². The molecule has 0 atom stereocenters. The Hall–Kier alpha value is -1.58. The number of nitrogens with one attached hydrogen (secondary N) is 1. The van der Waals surface area contributed by atoms with Crippen LogP contribution in [0.15, 0.2) is 18.2 Å². The first-order chi connectivity index (χ1) is 7.63. The predicted molar refractivity (Wildman–Crippen MR) is 60.9 cm³/mol. The molecule has 0 aliphatic rings. The van der Waals surface area contributed by atoms with Crippen molar-refractivity contribution >= 4 is 11.7 Å². The van der Waals surface area contributed by atoms with Crippen LogP contribution in [-0.2, 0) is 9.53 Å². The number of ether oxygens (including phenoxy) is 1. The lowest BCUT2D eigenvalue weighted by Crippen LogP contribution is -2.12. The summed E-state index contributed by atoms with van der Waals surface area (Å²) in [5.41, 5.74) is 1.39. The molecule has 1 rings (SSSR count). The number of esters is 1. The van der Waals surface area contributed by atoms with Crippen LogP contribution in [0.3, 0.4) is 0 Å². The van der Waals surface area contributed by atoms with Crippen LogP contribution in [0.5, 0.6) is 0 Å². The van der Waals surface area contributed by atoms with Gasteiger partial charge in [0.15, 0.2) is 0 Å². The second-order valence-electron chi connectivity index (χ2n) is 3.47. The van der Waals surface area contributed by atoms with Gasteiger partial charge in [-0.2, -0.15) is 0 Å². The van der Waals surface area contributed by atoms with E-state index < -0.39 is 0 Å². The van der Waals surface area contributed by atoms with Crippen LogP contribution in [0.4, 0.5) is 10.1 Å². The zero-order chi connectivity index (χ0) is 12.0. The van der Waals surface area contributed by atoms with E-state index in [1.807, 2.05) is 6.92 Å². The predicted octanol–water partition coefficient (Wildman–Crippen LogP) is 2.50. The molecule has 0 radical (unpaired) electrons. The van der Waals surface area contributed by atoms with Gasteiger partial charge in [0, 0.05) is 6.54 Å². The highest BCUT2D eigenvalue weighted by Gasteiger charge is 2.04. The number of rotatable bonds is 5. The summed E-state index contributed by atoms with van der Waals surface area (Å²) in [6, 6.07) is 4.81. The first-order valence-corrected chi connectivity index (χ1v) is 5.29. The van der Waals surface area contributed by atoms with Gasteiger partial charge in [0.1, 0.15) is 5.82 Å². The van der Waals surface area contributed by atoms with E-state index in [1.54, 1.807) is 19.1 Å². The summed E-state index contributed by atoms with van der Waals surface area (Å²) in [5, 5.41) is 2.87. The lowest BCUT2D eigenvalue weighted by atomic mass is 10.2. The molecular weight excluding hydrogens is 209 g/mol. The second-order valence-corrected chi connectivity index (χ2v) is 3.47. The Morgan fingerprint density at radius 2 is 2.25 bits per heavy atom. The fourth-order valence-corrected chi connectivity index (χ4v) is 1.31. The van der Waals surface area contributed by atoms with Crippen molar-refractivity contribution in [1.82, 2.24) is 0 Å². The summed E-state index contributed by atoms with van der Waals surface area (Å²) in [4.78, 5) is 11.0. The van der Waals surface area contributed by atoms with Crippen LogP contribution in [0.1, 0.15) is 18.9 Å². The lowest BCUT2D eigenvalue weighted by Gasteiger charge is -2.07. The number of carbonyl (C=O) groups excluding carboxylic acids is 1. The highest BCUT2D eigenvalue weighted by molar-refractivity contribution is 5.70. The minimum Gasteiger partial charge on any atom is -0.466 e. The van der Waals surface area contributed by atoms with E-state index in [2.05, 4.69) is 5.32 Å². The number of anilines is 1. The van der Waals surface area contributed by atoms with Crippen molar-refractivity contribution in [2.45, 2.75) is 20.3 Å². The van der Waals surface area contributed by atoms with Crippen LogP contribution in [0.2, 0.25) is 0 Å². The maximum absolute atomic E-state index is 13.3. The summed E-state index contributed by atoms with van der Waals surface area (Å²) in [7, 11) is 0. The van der Waals surface area contributed by atoms with Crippen molar-refractivity contribution in [3.05, 3.63) is 29.6 Å². The third-order valence-corrected chi connectivity index (χ3v) is 2.07. The molecule has 0 aromatic heterocycles. The Bertz CT molecular complexity index is 366. The van der Waals surface area contributed by atoms with Gasteiger partial charge in [-0.1, -0.05) is 6.07 Å². The van der Waals surface area contributed by atoms with Gasteiger partial charge in [0.05, 0.1) is 18.7 Å². The number of hydrogen-bond donors (Lipinski definition) is 1. The Balaban J connectivity index is 2.42. The van der Waals surface area contributed by atoms with Crippen molar-refractivity contribution in [3.8, 4) is 0 Å². The topological polar surface area (TPSA) is 38.3 Å². The molecule has 1 aromatic carbocycles. The average molecular weight is 225 g/mol. The van der Waals surface area contributed by atoms with E-state index in [9.17, 15) is 9.18 Å². The van der Waals surface area contributed by atoms with Gasteiger partial charge in [-0.25, -0.2) is 4.39 Å². The number of aryl methyl sites for hydroxylation is 1. The summed E-state index contributed by atoms with van der Waals surface area (Å²) in [6.45, 7) is 4.39. The molecule has 88 valence electrons. The van der Waals surface area contributed by atoms with E-state index >= 15 is 0 Å². The van der Waals surface area contributed by atoms with Crippen molar-refractivity contribution in [1.29, 1.82) is 0 Å². The quantitative estimate of drug-likeness (QED) is 0.782. The molecule has 3 nitrogen and oxygen atoms in total. The first kappa shape index (κ1) is 12.5. The van der Waals surface area contributed by atoms with Gasteiger partial charge in [0.25, 0.3) is 0 Å². The van der Waals surface area contributed by atoms with Crippen LogP contribution in [0, 0.1) is 12.7 Å². The maximum atomic E-state index is 13.3. The normalized spacial score (nSPS) is 9.94. The Morgan fingerprint density at radius 3 is 2.94 bits per heavy atom. The smallest absolute Gasteiger partial charge is 0.307 e. The van der Waals surface area contributed by atoms with E-state index in [-0.39, 0.29) is 18.2 Å². The fraction of sp³-hybridized carbons (Fsp3) is 0.417. The highest BCUT2D eigenvalue weighted by Crippen LogP contribution is 2.15. The first-order valence-electron chi connectivity index (χ1n) is 5.29.